The van der Waals surface area contributed by atoms with Gasteiger partial charge in [-0.25, -0.2) is 5.48 Å². The van der Waals surface area contributed by atoms with Gasteiger partial charge in [0.05, 0.1) is 0 Å². The average molecular weight is 332 g/mol. The van der Waals surface area contributed by atoms with Gasteiger partial charge >= 0.3 is 0 Å². The second kappa shape index (κ2) is 7.68. The third kappa shape index (κ3) is 4.16. The van der Waals surface area contributed by atoms with Gasteiger partial charge in [0.2, 0.25) is 0 Å². The van der Waals surface area contributed by atoms with Gasteiger partial charge in [0.1, 0.15) is 0 Å². The molecule has 0 amide bonds. The van der Waals surface area contributed by atoms with Crippen LogP contribution in [0.2, 0.25) is 5.02 Å². The molecule has 5 heteroatoms. The highest BCUT2D eigenvalue weighted by Gasteiger charge is 2.10. The second-order valence-corrected chi connectivity index (χ2v) is 6.27. The van der Waals surface area contributed by atoms with E-state index >= 15 is 0 Å². The summed E-state index contributed by atoms with van der Waals surface area (Å²) in [5.74, 6) is 0. The van der Waals surface area contributed by atoms with Crippen LogP contribution in [0.4, 0.5) is 17.1 Å². The molecule has 3 N–H and O–H groups in total. The normalized spacial score (nSPS) is 14.8. The molecule has 0 saturated carbocycles. The minimum atomic E-state index is 0.337. The van der Waals surface area contributed by atoms with Crippen LogP contribution in [0.1, 0.15) is 24.8 Å². The van der Waals surface area contributed by atoms with Gasteiger partial charge in [-0.1, -0.05) is 17.7 Å². The molecular weight excluding hydrogens is 310 g/mol. The molecule has 1 heterocycles. The van der Waals surface area contributed by atoms with Gasteiger partial charge < -0.3 is 15.4 Å². The lowest BCUT2D eigenvalue weighted by Crippen LogP contribution is -2.29. The van der Waals surface area contributed by atoms with Gasteiger partial charge in [0.15, 0.2) is 0 Å². The van der Waals surface area contributed by atoms with Crippen LogP contribution in [0.25, 0.3) is 0 Å². The summed E-state index contributed by atoms with van der Waals surface area (Å²) in [6.45, 7) is 2.65. The molecule has 2 aromatic carbocycles. The summed E-state index contributed by atoms with van der Waals surface area (Å²) in [4.78, 5) is 2.45. The molecule has 0 bridgehead atoms. The first-order valence-corrected chi connectivity index (χ1v) is 8.41. The van der Waals surface area contributed by atoms with E-state index in [1.165, 1.54) is 24.9 Å². The number of piperidine rings is 1. The fourth-order valence-electron chi connectivity index (χ4n) is 2.93. The Balaban J connectivity index is 1.67. The zero-order valence-electron chi connectivity index (χ0n) is 13.1. The molecule has 2 aromatic rings. The van der Waals surface area contributed by atoms with Crippen LogP contribution >= 0.6 is 11.6 Å². The first-order chi connectivity index (χ1) is 11.3. The predicted molar refractivity (Wildman–Crippen MR) is 95.9 cm³/mol. The molecule has 0 aromatic heterocycles. The SMILES string of the molecule is ONCc1ccc(Nc2ccc(N3CCCCC3)cc2)cc1Cl. The number of hydrogen-bond acceptors (Lipinski definition) is 4. The maximum Gasteiger partial charge on any atom is 0.0472 e. The molecule has 1 aliphatic rings. The van der Waals surface area contributed by atoms with Crippen molar-refractivity contribution >= 4 is 28.7 Å². The van der Waals surface area contributed by atoms with Crippen molar-refractivity contribution in [3.63, 3.8) is 0 Å². The highest BCUT2D eigenvalue weighted by Crippen LogP contribution is 2.26. The molecule has 1 saturated heterocycles. The number of nitrogens with one attached hydrogen (secondary N) is 2. The molecule has 0 unspecified atom stereocenters. The molecule has 0 atom stereocenters. The number of anilines is 3. The standard InChI is InChI=1S/C18H22ClN3O/c19-18-12-16(5-4-14(18)13-20-23)21-15-6-8-17(9-7-15)22-10-2-1-3-11-22/h4-9,12,20-21,23H,1-3,10-11,13H2. The number of rotatable bonds is 5. The van der Waals surface area contributed by atoms with Gasteiger partial charge in [-0.2, -0.15) is 0 Å². The third-order valence-corrected chi connectivity index (χ3v) is 4.55. The highest BCUT2D eigenvalue weighted by molar-refractivity contribution is 6.31. The van der Waals surface area contributed by atoms with E-state index in [0.717, 1.165) is 30.0 Å². The minimum Gasteiger partial charge on any atom is -0.372 e. The maximum atomic E-state index is 8.75. The Hall–Kier alpha value is -1.75. The van der Waals surface area contributed by atoms with E-state index in [1.54, 1.807) is 0 Å². The van der Waals surface area contributed by atoms with E-state index in [-0.39, 0.29) is 0 Å². The minimum absolute atomic E-state index is 0.337. The van der Waals surface area contributed by atoms with Gasteiger partial charge in [0.25, 0.3) is 0 Å². The van der Waals surface area contributed by atoms with Crippen molar-refractivity contribution < 1.29 is 5.21 Å². The first-order valence-electron chi connectivity index (χ1n) is 8.04. The Morgan fingerprint density at radius 2 is 1.65 bits per heavy atom. The van der Waals surface area contributed by atoms with Crippen LogP contribution in [-0.2, 0) is 6.54 Å². The second-order valence-electron chi connectivity index (χ2n) is 5.86. The van der Waals surface area contributed by atoms with E-state index in [0.29, 0.717) is 11.6 Å². The van der Waals surface area contributed by atoms with Crippen molar-refractivity contribution in [3.05, 3.63) is 53.1 Å². The summed E-state index contributed by atoms with van der Waals surface area (Å²) in [5, 5.41) is 12.7. The maximum absolute atomic E-state index is 8.75. The topological polar surface area (TPSA) is 47.5 Å². The van der Waals surface area contributed by atoms with Crippen LogP contribution in [0.15, 0.2) is 42.5 Å². The number of benzene rings is 2. The monoisotopic (exact) mass is 331 g/mol. The van der Waals surface area contributed by atoms with Crippen LogP contribution in [-0.4, -0.2) is 18.3 Å². The summed E-state index contributed by atoms with van der Waals surface area (Å²) < 4.78 is 0. The van der Waals surface area contributed by atoms with E-state index in [9.17, 15) is 0 Å². The molecular formula is C18H22ClN3O. The number of hydrogen-bond donors (Lipinski definition) is 3. The van der Waals surface area contributed by atoms with Crippen molar-refractivity contribution in [1.82, 2.24) is 5.48 Å². The molecule has 0 aliphatic carbocycles. The highest BCUT2D eigenvalue weighted by atomic mass is 35.5. The lowest BCUT2D eigenvalue weighted by Gasteiger charge is -2.28. The quantitative estimate of drug-likeness (QED) is 0.703. The molecule has 1 fully saturated rings. The summed E-state index contributed by atoms with van der Waals surface area (Å²) in [6.07, 6.45) is 3.92. The average Bonchev–Trinajstić information content (AvgIpc) is 2.59. The van der Waals surface area contributed by atoms with Crippen molar-refractivity contribution in [2.75, 3.05) is 23.3 Å². The Kier molecular flexibility index (Phi) is 5.39. The molecule has 23 heavy (non-hydrogen) atoms. The van der Waals surface area contributed by atoms with Gasteiger partial charge in [-0.05, 0) is 61.2 Å². The first kappa shape index (κ1) is 16.1. The Labute approximate surface area is 142 Å². The summed E-state index contributed by atoms with van der Waals surface area (Å²) in [5.41, 5.74) is 6.24. The number of hydroxylamine groups is 1. The van der Waals surface area contributed by atoms with Crippen LogP contribution < -0.4 is 15.7 Å². The van der Waals surface area contributed by atoms with Crippen molar-refractivity contribution in [2.24, 2.45) is 0 Å². The lowest BCUT2D eigenvalue weighted by atomic mass is 10.1. The summed E-state index contributed by atoms with van der Waals surface area (Å²) in [7, 11) is 0. The van der Waals surface area contributed by atoms with Crippen LogP contribution in [0, 0.1) is 0 Å². The van der Waals surface area contributed by atoms with Gasteiger partial charge in [0, 0.05) is 41.7 Å². The number of nitrogens with zero attached hydrogens (tertiary/aromatic N) is 1. The smallest absolute Gasteiger partial charge is 0.0472 e. The van der Waals surface area contributed by atoms with E-state index in [2.05, 4.69) is 40.0 Å². The molecule has 0 spiro atoms. The number of halogens is 1. The fraction of sp³-hybridized carbons (Fsp3) is 0.333. The predicted octanol–water partition coefficient (Wildman–Crippen LogP) is 4.55. The van der Waals surface area contributed by atoms with Crippen molar-refractivity contribution in [2.45, 2.75) is 25.8 Å². The van der Waals surface area contributed by atoms with Crippen LogP contribution in [0.3, 0.4) is 0 Å². The molecule has 1 aliphatic heterocycles. The van der Waals surface area contributed by atoms with Crippen molar-refractivity contribution in [1.29, 1.82) is 0 Å². The Bertz CT molecular complexity index is 639. The van der Waals surface area contributed by atoms with E-state index in [1.807, 2.05) is 18.2 Å². The van der Waals surface area contributed by atoms with E-state index in [4.69, 9.17) is 16.8 Å². The largest absolute Gasteiger partial charge is 0.372 e. The molecule has 0 radical (unpaired) electrons. The molecule has 122 valence electrons. The van der Waals surface area contributed by atoms with Crippen LogP contribution in [0.5, 0.6) is 0 Å². The van der Waals surface area contributed by atoms with E-state index < -0.39 is 0 Å². The van der Waals surface area contributed by atoms with Gasteiger partial charge in [-0.15, -0.1) is 0 Å². The Morgan fingerprint density at radius 1 is 0.957 bits per heavy atom. The Morgan fingerprint density at radius 3 is 2.30 bits per heavy atom. The van der Waals surface area contributed by atoms with Crippen molar-refractivity contribution in [3.8, 4) is 0 Å². The summed E-state index contributed by atoms with van der Waals surface area (Å²) >= 11 is 6.20. The lowest BCUT2D eigenvalue weighted by molar-refractivity contribution is 0.161. The molecule has 3 rings (SSSR count). The zero-order chi connectivity index (χ0) is 16.1. The van der Waals surface area contributed by atoms with Gasteiger partial charge in [-0.3, -0.25) is 0 Å². The fourth-order valence-corrected chi connectivity index (χ4v) is 3.18. The summed E-state index contributed by atoms with van der Waals surface area (Å²) in [6, 6.07) is 14.3. The molecule has 4 nitrogen and oxygen atoms in total. The zero-order valence-corrected chi connectivity index (χ0v) is 13.8. The third-order valence-electron chi connectivity index (χ3n) is 4.20.